The van der Waals surface area contributed by atoms with Crippen molar-refractivity contribution in [3.8, 4) is 0 Å². The maximum absolute atomic E-state index is 12.5. The van der Waals surface area contributed by atoms with Gasteiger partial charge in [-0.15, -0.1) is 0 Å². The van der Waals surface area contributed by atoms with Gasteiger partial charge in [0, 0.05) is 25.9 Å². The van der Waals surface area contributed by atoms with Crippen molar-refractivity contribution in [3.63, 3.8) is 0 Å². The van der Waals surface area contributed by atoms with E-state index in [4.69, 9.17) is 14.6 Å². The number of carboxylic acids is 1. The molecule has 0 bridgehead atoms. The van der Waals surface area contributed by atoms with Crippen LogP contribution in [0.25, 0.3) is 0 Å². The standard InChI is InChI=1S/C14H21NO5/c1-13(2)9(10(13)12(17)18)11(16)15-5-3-14(4-6-15)19-7-8-20-14/h9-10H,3-8H2,1-2H3,(H,17,18). The molecule has 3 fully saturated rings. The predicted molar refractivity (Wildman–Crippen MR) is 68.8 cm³/mol. The fourth-order valence-corrected chi connectivity index (χ4v) is 3.61. The van der Waals surface area contributed by atoms with E-state index in [2.05, 4.69) is 0 Å². The van der Waals surface area contributed by atoms with Gasteiger partial charge in [-0.2, -0.15) is 0 Å². The van der Waals surface area contributed by atoms with E-state index in [0.29, 0.717) is 39.1 Å². The topological polar surface area (TPSA) is 76.1 Å². The Bertz CT molecular complexity index is 431. The maximum Gasteiger partial charge on any atom is 0.307 e. The van der Waals surface area contributed by atoms with Crippen LogP contribution in [0.2, 0.25) is 0 Å². The SMILES string of the molecule is CC1(C)C(C(=O)O)C1C(=O)N1CCC2(CC1)OCCO2. The lowest BCUT2D eigenvalue weighted by atomic mass is 10.0. The number of amides is 1. The van der Waals surface area contributed by atoms with Gasteiger partial charge in [0.05, 0.1) is 25.0 Å². The Morgan fingerprint density at radius 3 is 2.10 bits per heavy atom. The normalized spacial score (nSPS) is 34.2. The van der Waals surface area contributed by atoms with Crippen LogP contribution in [0.3, 0.4) is 0 Å². The van der Waals surface area contributed by atoms with E-state index >= 15 is 0 Å². The number of likely N-dealkylation sites (tertiary alicyclic amines) is 1. The summed E-state index contributed by atoms with van der Waals surface area (Å²) in [7, 11) is 0. The lowest BCUT2D eigenvalue weighted by Crippen LogP contribution is -2.48. The minimum atomic E-state index is -0.871. The highest BCUT2D eigenvalue weighted by Gasteiger charge is 2.66. The maximum atomic E-state index is 12.5. The quantitative estimate of drug-likeness (QED) is 0.807. The smallest absolute Gasteiger partial charge is 0.307 e. The molecule has 0 aromatic rings. The van der Waals surface area contributed by atoms with Crippen molar-refractivity contribution >= 4 is 11.9 Å². The summed E-state index contributed by atoms with van der Waals surface area (Å²) in [4.78, 5) is 25.4. The number of carbonyl (C=O) groups is 2. The van der Waals surface area contributed by atoms with Crippen molar-refractivity contribution < 1.29 is 24.2 Å². The molecule has 2 heterocycles. The van der Waals surface area contributed by atoms with Crippen LogP contribution in [0.5, 0.6) is 0 Å². The first kappa shape index (κ1) is 13.8. The van der Waals surface area contributed by atoms with Crippen LogP contribution in [-0.2, 0) is 19.1 Å². The first-order chi connectivity index (χ1) is 9.37. The van der Waals surface area contributed by atoms with Crippen LogP contribution >= 0.6 is 0 Å². The van der Waals surface area contributed by atoms with E-state index in [-0.39, 0.29) is 11.8 Å². The average molecular weight is 283 g/mol. The highest BCUT2D eigenvalue weighted by atomic mass is 16.7. The van der Waals surface area contributed by atoms with Crippen molar-refractivity contribution in [2.24, 2.45) is 17.3 Å². The van der Waals surface area contributed by atoms with Gasteiger partial charge in [-0.05, 0) is 5.41 Å². The summed E-state index contributed by atoms with van der Waals surface area (Å²) in [5, 5.41) is 9.16. The number of nitrogens with zero attached hydrogens (tertiary/aromatic N) is 1. The minimum absolute atomic E-state index is 0.0322. The van der Waals surface area contributed by atoms with E-state index in [9.17, 15) is 9.59 Å². The summed E-state index contributed by atoms with van der Waals surface area (Å²) >= 11 is 0. The van der Waals surface area contributed by atoms with Gasteiger partial charge in [0.25, 0.3) is 0 Å². The monoisotopic (exact) mass is 283 g/mol. The molecule has 2 aliphatic heterocycles. The van der Waals surface area contributed by atoms with Crippen LogP contribution < -0.4 is 0 Å². The van der Waals surface area contributed by atoms with E-state index in [1.165, 1.54) is 0 Å². The van der Waals surface area contributed by atoms with Crippen molar-refractivity contribution in [1.29, 1.82) is 0 Å². The summed E-state index contributed by atoms with van der Waals surface area (Å²) in [6.45, 7) is 6.09. The first-order valence-corrected chi connectivity index (χ1v) is 7.17. The van der Waals surface area contributed by atoms with Gasteiger partial charge in [-0.25, -0.2) is 0 Å². The third-order valence-electron chi connectivity index (χ3n) is 5.01. The number of ether oxygens (including phenoxy) is 2. The molecule has 2 saturated heterocycles. The zero-order valence-corrected chi connectivity index (χ0v) is 11.9. The van der Waals surface area contributed by atoms with Gasteiger partial charge in [0.2, 0.25) is 5.91 Å². The molecule has 3 rings (SSSR count). The second-order valence-corrected chi connectivity index (χ2v) is 6.55. The lowest BCUT2D eigenvalue weighted by molar-refractivity contribution is -0.188. The zero-order valence-electron chi connectivity index (χ0n) is 11.9. The lowest BCUT2D eigenvalue weighted by Gasteiger charge is -2.37. The van der Waals surface area contributed by atoms with Crippen LogP contribution in [0, 0.1) is 17.3 Å². The van der Waals surface area contributed by atoms with Gasteiger partial charge >= 0.3 is 5.97 Å². The molecular formula is C14H21NO5. The van der Waals surface area contributed by atoms with Crippen LogP contribution in [0.4, 0.5) is 0 Å². The minimum Gasteiger partial charge on any atom is -0.481 e. The second kappa shape index (κ2) is 4.43. The molecule has 3 aliphatic rings. The van der Waals surface area contributed by atoms with E-state index in [0.717, 1.165) is 0 Å². The summed E-state index contributed by atoms with van der Waals surface area (Å²) in [5.74, 6) is -2.34. The molecule has 0 aromatic heterocycles. The predicted octanol–water partition coefficient (Wildman–Crippen LogP) is 0.709. The van der Waals surface area contributed by atoms with Gasteiger partial charge < -0.3 is 19.5 Å². The number of hydrogen-bond acceptors (Lipinski definition) is 4. The Kier molecular flexibility index (Phi) is 3.06. The van der Waals surface area contributed by atoms with E-state index in [1.54, 1.807) is 4.90 Å². The fourth-order valence-electron chi connectivity index (χ4n) is 3.61. The Balaban J connectivity index is 1.61. The van der Waals surface area contributed by atoms with Crippen molar-refractivity contribution in [2.75, 3.05) is 26.3 Å². The molecule has 20 heavy (non-hydrogen) atoms. The molecular weight excluding hydrogens is 262 g/mol. The molecule has 0 radical (unpaired) electrons. The molecule has 6 nitrogen and oxygen atoms in total. The highest BCUT2D eigenvalue weighted by molar-refractivity contribution is 5.91. The molecule has 1 spiro atoms. The van der Waals surface area contributed by atoms with Gasteiger partial charge in [0.15, 0.2) is 5.79 Å². The Labute approximate surface area is 118 Å². The Morgan fingerprint density at radius 1 is 1.10 bits per heavy atom. The summed E-state index contributed by atoms with van der Waals surface area (Å²) in [6, 6.07) is 0. The molecule has 1 aliphatic carbocycles. The highest BCUT2D eigenvalue weighted by Crippen LogP contribution is 2.59. The summed E-state index contributed by atoms with van der Waals surface area (Å²) in [6.07, 6.45) is 1.34. The van der Waals surface area contributed by atoms with Gasteiger partial charge in [0.1, 0.15) is 0 Å². The Hall–Kier alpha value is -1.14. The molecule has 0 aromatic carbocycles. The van der Waals surface area contributed by atoms with Crippen LogP contribution in [-0.4, -0.2) is 54.0 Å². The molecule has 1 N–H and O–H groups in total. The number of carboxylic acid groups (broad SMARTS) is 1. The van der Waals surface area contributed by atoms with Gasteiger partial charge in [-0.1, -0.05) is 13.8 Å². The van der Waals surface area contributed by atoms with Crippen molar-refractivity contribution in [2.45, 2.75) is 32.5 Å². The third kappa shape index (κ3) is 2.02. The third-order valence-corrected chi connectivity index (χ3v) is 5.01. The van der Waals surface area contributed by atoms with Crippen molar-refractivity contribution in [3.05, 3.63) is 0 Å². The summed E-state index contributed by atoms with van der Waals surface area (Å²) < 4.78 is 11.3. The van der Waals surface area contributed by atoms with Gasteiger partial charge in [-0.3, -0.25) is 9.59 Å². The largest absolute Gasteiger partial charge is 0.481 e. The molecule has 112 valence electrons. The summed E-state index contributed by atoms with van der Waals surface area (Å²) in [5.41, 5.74) is -0.432. The molecule has 6 heteroatoms. The number of piperidine rings is 1. The van der Waals surface area contributed by atoms with Crippen LogP contribution in [0.1, 0.15) is 26.7 Å². The second-order valence-electron chi connectivity index (χ2n) is 6.55. The number of hydrogen-bond donors (Lipinski definition) is 1. The first-order valence-electron chi connectivity index (χ1n) is 7.17. The fraction of sp³-hybridized carbons (Fsp3) is 0.857. The average Bonchev–Trinajstić information content (AvgIpc) is 2.74. The van der Waals surface area contributed by atoms with Crippen LogP contribution in [0.15, 0.2) is 0 Å². The Morgan fingerprint density at radius 2 is 1.65 bits per heavy atom. The van der Waals surface area contributed by atoms with E-state index in [1.807, 2.05) is 13.8 Å². The number of aliphatic carboxylic acids is 1. The molecule has 1 saturated carbocycles. The van der Waals surface area contributed by atoms with E-state index < -0.39 is 23.1 Å². The number of carbonyl (C=O) groups excluding carboxylic acids is 1. The van der Waals surface area contributed by atoms with Crippen molar-refractivity contribution in [1.82, 2.24) is 4.90 Å². The number of rotatable bonds is 2. The molecule has 1 amide bonds. The molecule has 2 unspecified atom stereocenters. The zero-order chi connectivity index (χ0) is 14.5. The molecule has 2 atom stereocenters.